The molecule has 2 aliphatic heterocycles. The first-order chi connectivity index (χ1) is 11.5. The minimum absolute atomic E-state index is 0.0393. The minimum Gasteiger partial charge on any atom is -0.357 e. The van der Waals surface area contributed by atoms with Crippen LogP contribution in [0.3, 0.4) is 0 Å². The number of nitrogens with zero attached hydrogens (tertiary/aromatic N) is 2. The fraction of sp³-hybridized carbons (Fsp3) is 0.444. The number of rotatable bonds is 4. The Morgan fingerprint density at radius 2 is 2.21 bits per heavy atom. The van der Waals surface area contributed by atoms with Gasteiger partial charge in [0.1, 0.15) is 6.17 Å². The van der Waals surface area contributed by atoms with Gasteiger partial charge in [0.25, 0.3) is 5.91 Å². The highest BCUT2D eigenvalue weighted by atomic mass is 16.2. The zero-order chi connectivity index (χ0) is 17.3. The van der Waals surface area contributed by atoms with E-state index in [2.05, 4.69) is 15.6 Å². The SMILES string of the molecule is CCCNC(=O)c1ccc(C2=CN(C)C3CCC(=O)NN23)cc1C. The average Bonchev–Trinajstić information content (AvgIpc) is 2.88. The summed E-state index contributed by atoms with van der Waals surface area (Å²) >= 11 is 0. The molecule has 1 atom stereocenters. The molecule has 0 aliphatic carbocycles. The average molecular weight is 328 g/mol. The van der Waals surface area contributed by atoms with Crippen molar-refractivity contribution in [3.63, 3.8) is 0 Å². The van der Waals surface area contributed by atoms with Gasteiger partial charge in [0.05, 0.1) is 5.70 Å². The van der Waals surface area contributed by atoms with E-state index in [1.807, 2.05) is 50.3 Å². The molecule has 0 aromatic heterocycles. The molecule has 3 rings (SSSR count). The van der Waals surface area contributed by atoms with E-state index in [9.17, 15) is 9.59 Å². The summed E-state index contributed by atoms with van der Waals surface area (Å²) in [7, 11) is 2.02. The fourth-order valence-electron chi connectivity index (χ4n) is 3.23. The van der Waals surface area contributed by atoms with Gasteiger partial charge in [0.15, 0.2) is 0 Å². The van der Waals surface area contributed by atoms with Crippen molar-refractivity contribution >= 4 is 17.5 Å². The highest BCUT2D eigenvalue weighted by molar-refractivity contribution is 5.96. The predicted octanol–water partition coefficient (Wildman–Crippen LogP) is 1.83. The first-order valence-corrected chi connectivity index (χ1v) is 8.43. The van der Waals surface area contributed by atoms with Gasteiger partial charge in [0.2, 0.25) is 5.91 Å². The maximum absolute atomic E-state index is 12.2. The van der Waals surface area contributed by atoms with E-state index in [4.69, 9.17) is 0 Å². The van der Waals surface area contributed by atoms with Crippen LogP contribution in [0.1, 0.15) is 47.7 Å². The Hall–Kier alpha value is -2.50. The van der Waals surface area contributed by atoms with Crippen molar-refractivity contribution in [1.29, 1.82) is 0 Å². The van der Waals surface area contributed by atoms with Crippen LogP contribution < -0.4 is 10.7 Å². The second kappa shape index (κ2) is 6.55. The number of carbonyl (C=O) groups is 2. The zero-order valence-electron chi connectivity index (χ0n) is 14.4. The number of carbonyl (C=O) groups excluding carboxylic acids is 2. The summed E-state index contributed by atoms with van der Waals surface area (Å²) in [5.41, 5.74) is 6.52. The summed E-state index contributed by atoms with van der Waals surface area (Å²) in [6.45, 7) is 4.65. The van der Waals surface area contributed by atoms with Crippen LogP contribution >= 0.6 is 0 Å². The molecule has 0 bridgehead atoms. The van der Waals surface area contributed by atoms with Crippen molar-refractivity contribution in [3.8, 4) is 0 Å². The lowest BCUT2D eigenvalue weighted by molar-refractivity contribution is -0.129. The lowest BCUT2D eigenvalue weighted by Crippen LogP contribution is -2.52. The Bertz CT molecular complexity index is 698. The van der Waals surface area contributed by atoms with Crippen molar-refractivity contribution in [2.75, 3.05) is 13.6 Å². The van der Waals surface area contributed by atoms with E-state index in [1.54, 1.807) is 0 Å². The molecule has 1 fully saturated rings. The number of hydrogen-bond donors (Lipinski definition) is 2. The van der Waals surface area contributed by atoms with Gasteiger partial charge in [-0.15, -0.1) is 0 Å². The zero-order valence-corrected chi connectivity index (χ0v) is 14.4. The number of fused-ring (bicyclic) bond motifs is 1. The van der Waals surface area contributed by atoms with Gasteiger partial charge < -0.3 is 10.2 Å². The number of aryl methyl sites for hydroxylation is 1. The molecule has 24 heavy (non-hydrogen) atoms. The van der Waals surface area contributed by atoms with E-state index in [-0.39, 0.29) is 18.0 Å². The van der Waals surface area contributed by atoms with Crippen molar-refractivity contribution in [2.45, 2.75) is 39.3 Å². The third kappa shape index (κ3) is 2.96. The number of nitrogens with one attached hydrogen (secondary N) is 2. The molecule has 2 aliphatic rings. The van der Waals surface area contributed by atoms with E-state index >= 15 is 0 Å². The first kappa shape index (κ1) is 16.4. The maximum atomic E-state index is 12.2. The topological polar surface area (TPSA) is 64.7 Å². The highest BCUT2D eigenvalue weighted by Crippen LogP contribution is 2.32. The van der Waals surface area contributed by atoms with Crippen LogP contribution in [0.5, 0.6) is 0 Å². The van der Waals surface area contributed by atoms with Crippen molar-refractivity contribution < 1.29 is 9.59 Å². The van der Waals surface area contributed by atoms with Gasteiger partial charge in [-0.05, 0) is 37.5 Å². The minimum atomic E-state index is -0.0393. The highest BCUT2D eigenvalue weighted by Gasteiger charge is 2.35. The standard InChI is InChI=1S/C18H24N4O2/c1-4-9-19-18(24)14-6-5-13(10-12(14)2)15-11-21(3)17-8-7-16(23)20-22(15)17/h5-6,10-11,17H,4,7-9H2,1-3H3,(H,19,24)(H,20,23). The molecule has 0 saturated carbocycles. The monoisotopic (exact) mass is 328 g/mol. The van der Waals surface area contributed by atoms with E-state index in [0.29, 0.717) is 18.5 Å². The van der Waals surface area contributed by atoms with Gasteiger partial charge >= 0.3 is 0 Å². The Balaban J connectivity index is 1.85. The largest absolute Gasteiger partial charge is 0.357 e. The van der Waals surface area contributed by atoms with Gasteiger partial charge in [0, 0.05) is 37.3 Å². The smallest absolute Gasteiger partial charge is 0.251 e. The van der Waals surface area contributed by atoms with Crippen LogP contribution in [-0.4, -0.2) is 41.5 Å². The van der Waals surface area contributed by atoms with Crippen LogP contribution in [0.2, 0.25) is 0 Å². The molecule has 2 heterocycles. The van der Waals surface area contributed by atoms with Crippen LogP contribution in [0.15, 0.2) is 24.4 Å². The number of amides is 2. The summed E-state index contributed by atoms with van der Waals surface area (Å²) < 4.78 is 0. The number of hydrogen-bond acceptors (Lipinski definition) is 4. The molecule has 6 nitrogen and oxygen atoms in total. The molecule has 1 unspecified atom stereocenters. The van der Waals surface area contributed by atoms with Crippen LogP contribution in [-0.2, 0) is 4.79 Å². The molecular weight excluding hydrogens is 304 g/mol. The Kier molecular flexibility index (Phi) is 4.46. The third-order valence-corrected chi connectivity index (χ3v) is 4.53. The Labute approximate surface area is 142 Å². The molecule has 2 amide bonds. The van der Waals surface area contributed by atoms with Gasteiger partial charge in [-0.25, -0.2) is 0 Å². The first-order valence-electron chi connectivity index (χ1n) is 8.43. The molecule has 1 saturated heterocycles. The second-order valence-corrected chi connectivity index (χ2v) is 6.39. The van der Waals surface area contributed by atoms with Gasteiger partial charge in [-0.3, -0.25) is 20.0 Å². The van der Waals surface area contributed by atoms with Crippen LogP contribution in [0, 0.1) is 6.92 Å². The van der Waals surface area contributed by atoms with Gasteiger partial charge in [-0.2, -0.15) is 0 Å². The lowest BCUT2D eigenvalue weighted by Gasteiger charge is -2.36. The quantitative estimate of drug-likeness (QED) is 0.885. The van der Waals surface area contributed by atoms with Crippen molar-refractivity contribution in [3.05, 3.63) is 41.1 Å². The van der Waals surface area contributed by atoms with Crippen molar-refractivity contribution in [1.82, 2.24) is 20.7 Å². The number of hydrazine groups is 1. The van der Waals surface area contributed by atoms with E-state index in [1.165, 1.54) is 0 Å². The molecule has 1 aromatic rings. The summed E-state index contributed by atoms with van der Waals surface area (Å²) in [6.07, 6.45) is 4.46. The summed E-state index contributed by atoms with van der Waals surface area (Å²) in [5.74, 6) is 0.00214. The lowest BCUT2D eigenvalue weighted by atomic mass is 10.0. The Morgan fingerprint density at radius 3 is 2.92 bits per heavy atom. The molecule has 6 heteroatoms. The van der Waals surface area contributed by atoms with Crippen LogP contribution in [0.4, 0.5) is 0 Å². The third-order valence-electron chi connectivity index (χ3n) is 4.53. The summed E-state index contributed by atoms with van der Waals surface area (Å²) in [4.78, 5) is 26.0. The normalized spacial score (nSPS) is 19.7. The molecule has 0 spiro atoms. The van der Waals surface area contributed by atoms with Crippen LogP contribution in [0.25, 0.3) is 5.70 Å². The summed E-state index contributed by atoms with van der Waals surface area (Å²) in [5, 5.41) is 4.84. The van der Waals surface area contributed by atoms with Crippen molar-refractivity contribution in [2.24, 2.45) is 0 Å². The molecule has 128 valence electrons. The molecule has 0 radical (unpaired) electrons. The van der Waals surface area contributed by atoms with Gasteiger partial charge in [-0.1, -0.05) is 13.0 Å². The second-order valence-electron chi connectivity index (χ2n) is 6.39. The van der Waals surface area contributed by atoms with E-state index in [0.717, 1.165) is 29.7 Å². The summed E-state index contributed by atoms with van der Waals surface area (Å²) in [6, 6.07) is 5.80. The molecule has 1 aromatic carbocycles. The Morgan fingerprint density at radius 1 is 1.42 bits per heavy atom. The predicted molar refractivity (Wildman–Crippen MR) is 92.5 cm³/mol. The maximum Gasteiger partial charge on any atom is 0.251 e. The molecular formula is C18H24N4O2. The number of benzene rings is 1. The van der Waals surface area contributed by atoms with E-state index < -0.39 is 0 Å². The fourth-order valence-corrected chi connectivity index (χ4v) is 3.23. The molecule has 2 N–H and O–H groups in total.